The van der Waals surface area contributed by atoms with E-state index in [4.69, 9.17) is 11.5 Å². The first-order valence-electron chi connectivity index (χ1n) is 5.27. The van der Waals surface area contributed by atoms with Gasteiger partial charge < -0.3 is 11.5 Å². The summed E-state index contributed by atoms with van der Waals surface area (Å²) in [6.07, 6.45) is 1.92. The molecule has 0 saturated heterocycles. The minimum absolute atomic E-state index is 0.269. The molecular weight excluding hydrogens is 178 g/mol. The summed E-state index contributed by atoms with van der Waals surface area (Å²) in [4.78, 5) is 13.0. The highest BCUT2D eigenvalue weighted by Crippen LogP contribution is 2.11. The minimum Gasteiger partial charge on any atom is -0.369 e. The minimum atomic E-state index is -0.269. The largest absolute Gasteiger partial charge is 0.369 e. The van der Waals surface area contributed by atoms with Crippen LogP contribution in [0.2, 0.25) is 0 Å². The van der Waals surface area contributed by atoms with E-state index in [1.165, 1.54) is 0 Å². The molecule has 0 aromatic carbocycles. The maximum atomic E-state index is 10.9. The molecule has 84 valence electrons. The summed E-state index contributed by atoms with van der Waals surface area (Å²) in [5, 5.41) is 0. The highest BCUT2D eigenvalue weighted by molar-refractivity contribution is 5.76. The monoisotopic (exact) mass is 201 g/mol. The van der Waals surface area contributed by atoms with Gasteiger partial charge in [0.05, 0.1) is 6.54 Å². The fraction of sp³-hybridized carbons (Fsp3) is 0.900. The van der Waals surface area contributed by atoms with Crippen LogP contribution in [0.15, 0.2) is 0 Å². The Kier molecular flexibility index (Phi) is 6.49. The highest BCUT2D eigenvalue weighted by atomic mass is 16.1. The van der Waals surface area contributed by atoms with Crippen LogP contribution >= 0.6 is 0 Å². The van der Waals surface area contributed by atoms with Crippen LogP contribution in [0, 0.1) is 0 Å². The third kappa shape index (κ3) is 4.58. The van der Waals surface area contributed by atoms with Gasteiger partial charge in [-0.05, 0) is 33.2 Å². The van der Waals surface area contributed by atoms with Crippen molar-refractivity contribution < 1.29 is 4.79 Å². The van der Waals surface area contributed by atoms with Crippen LogP contribution in [0.5, 0.6) is 0 Å². The normalized spacial score (nSPS) is 13.6. The first-order chi connectivity index (χ1) is 6.52. The van der Waals surface area contributed by atoms with Crippen molar-refractivity contribution in [1.82, 2.24) is 4.90 Å². The molecule has 0 aliphatic carbocycles. The van der Waals surface area contributed by atoms with Gasteiger partial charge in [-0.1, -0.05) is 6.92 Å². The summed E-state index contributed by atoms with van der Waals surface area (Å²) in [5.74, 6) is -0.269. The number of carbonyl (C=O) groups is 1. The van der Waals surface area contributed by atoms with Crippen LogP contribution in [0.4, 0.5) is 0 Å². The molecule has 1 amide bonds. The quantitative estimate of drug-likeness (QED) is 0.622. The maximum absolute atomic E-state index is 10.9. The lowest BCUT2D eigenvalue weighted by molar-refractivity contribution is -0.120. The fourth-order valence-corrected chi connectivity index (χ4v) is 1.71. The predicted octanol–water partition coefficient (Wildman–Crippen LogP) is 0.310. The number of primary amides is 1. The van der Waals surface area contributed by atoms with Crippen molar-refractivity contribution in [2.24, 2.45) is 11.5 Å². The highest BCUT2D eigenvalue weighted by Gasteiger charge is 2.20. The van der Waals surface area contributed by atoms with Crippen LogP contribution in [-0.4, -0.2) is 36.0 Å². The second-order valence-electron chi connectivity index (χ2n) is 3.87. The lowest BCUT2D eigenvalue weighted by Gasteiger charge is -2.33. The molecule has 4 heteroatoms. The molecule has 4 N–H and O–H groups in total. The molecule has 0 bridgehead atoms. The van der Waals surface area contributed by atoms with Crippen molar-refractivity contribution >= 4 is 5.91 Å². The summed E-state index contributed by atoms with van der Waals surface area (Å²) >= 11 is 0. The molecule has 0 radical (unpaired) electrons. The van der Waals surface area contributed by atoms with Gasteiger partial charge in [0.2, 0.25) is 5.91 Å². The van der Waals surface area contributed by atoms with E-state index >= 15 is 0 Å². The molecule has 1 unspecified atom stereocenters. The summed E-state index contributed by atoms with van der Waals surface area (Å²) in [6.45, 7) is 7.23. The predicted molar refractivity (Wildman–Crippen MR) is 58.8 cm³/mol. The van der Waals surface area contributed by atoms with E-state index < -0.39 is 0 Å². The van der Waals surface area contributed by atoms with Crippen molar-refractivity contribution in [3.8, 4) is 0 Å². The average Bonchev–Trinajstić information content (AvgIpc) is 2.10. The van der Waals surface area contributed by atoms with Gasteiger partial charge in [0.15, 0.2) is 0 Å². The first kappa shape index (κ1) is 13.4. The van der Waals surface area contributed by atoms with E-state index in [0.717, 1.165) is 12.8 Å². The van der Waals surface area contributed by atoms with Crippen molar-refractivity contribution in [3.63, 3.8) is 0 Å². The maximum Gasteiger partial charge on any atom is 0.231 e. The molecule has 0 aliphatic rings. The Morgan fingerprint density at radius 2 is 2.00 bits per heavy atom. The molecule has 0 heterocycles. The van der Waals surface area contributed by atoms with Crippen LogP contribution in [0.3, 0.4) is 0 Å². The van der Waals surface area contributed by atoms with Gasteiger partial charge in [0.25, 0.3) is 0 Å². The number of carbonyl (C=O) groups excluding carboxylic acids is 1. The Hall–Kier alpha value is -0.610. The van der Waals surface area contributed by atoms with Gasteiger partial charge in [-0.3, -0.25) is 9.69 Å². The van der Waals surface area contributed by atoms with Gasteiger partial charge in [-0.2, -0.15) is 0 Å². The zero-order chi connectivity index (χ0) is 11.1. The molecule has 0 spiro atoms. The molecule has 14 heavy (non-hydrogen) atoms. The Morgan fingerprint density at radius 3 is 2.29 bits per heavy atom. The number of hydrogen-bond donors (Lipinski definition) is 2. The molecule has 0 rings (SSSR count). The van der Waals surface area contributed by atoms with Crippen LogP contribution in [0.1, 0.15) is 33.6 Å². The van der Waals surface area contributed by atoms with Crippen molar-refractivity contribution in [1.29, 1.82) is 0 Å². The van der Waals surface area contributed by atoms with Gasteiger partial charge in [0.1, 0.15) is 0 Å². The molecule has 0 aromatic rings. The summed E-state index contributed by atoms with van der Waals surface area (Å²) in [6, 6.07) is 0.700. The summed E-state index contributed by atoms with van der Waals surface area (Å²) in [5.41, 5.74) is 10.7. The number of hydrogen-bond acceptors (Lipinski definition) is 3. The third-order valence-corrected chi connectivity index (χ3v) is 2.44. The molecule has 0 fully saturated rings. The third-order valence-electron chi connectivity index (χ3n) is 2.44. The Balaban J connectivity index is 4.34. The molecular formula is C10H23N3O. The Bertz CT molecular complexity index is 171. The van der Waals surface area contributed by atoms with E-state index in [1.807, 2.05) is 0 Å². The van der Waals surface area contributed by atoms with Crippen molar-refractivity contribution in [3.05, 3.63) is 0 Å². The van der Waals surface area contributed by atoms with Gasteiger partial charge in [-0.25, -0.2) is 0 Å². The Labute approximate surface area is 86.6 Å². The second-order valence-corrected chi connectivity index (χ2v) is 3.87. The van der Waals surface area contributed by atoms with Crippen LogP contribution in [-0.2, 0) is 4.79 Å². The molecule has 1 atom stereocenters. The molecule has 0 saturated carbocycles. The van der Waals surface area contributed by atoms with Gasteiger partial charge in [-0.15, -0.1) is 0 Å². The standard InChI is InChI=1S/C10H23N3O/c1-4-9(5-6-11)13(8(2)3)7-10(12)14/h8-9H,4-7,11H2,1-3H3,(H2,12,14). The first-order valence-corrected chi connectivity index (χ1v) is 5.27. The van der Waals surface area contributed by atoms with Crippen LogP contribution in [0.25, 0.3) is 0 Å². The smallest absolute Gasteiger partial charge is 0.231 e. The number of nitrogens with two attached hydrogens (primary N) is 2. The number of amides is 1. The van der Waals surface area contributed by atoms with Crippen molar-refractivity contribution in [2.45, 2.75) is 45.7 Å². The van der Waals surface area contributed by atoms with E-state index in [9.17, 15) is 4.79 Å². The Morgan fingerprint density at radius 1 is 1.43 bits per heavy atom. The zero-order valence-electron chi connectivity index (χ0n) is 9.49. The fourth-order valence-electron chi connectivity index (χ4n) is 1.71. The number of nitrogens with zero attached hydrogens (tertiary/aromatic N) is 1. The summed E-state index contributed by atoms with van der Waals surface area (Å²) < 4.78 is 0. The van der Waals surface area contributed by atoms with E-state index in [0.29, 0.717) is 25.2 Å². The summed E-state index contributed by atoms with van der Waals surface area (Å²) in [7, 11) is 0. The lowest BCUT2D eigenvalue weighted by atomic mass is 10.1. The molecule has 4 nitrogen and oxygen atoms in total. The zero-order valence-corrected chi connectivity index (χ0v) is 9.49. The SMILES string of the molecule is CCC(CCN)N(CC(N)=O)C(C)C. The topological polar surface area (TPSA) is 72.3 Å². The average molecular weight is 201 g/mol. The van der Waals surface area contributed by atoms with E-state index in [-0.39, 0.29) is 5.91 Å². The van der Waals surface area contributed by atoms with E-state index in [2.05, 4.69) is 25.7 Å². The molecule has 0 aromatic heterocycles. The molecule has 0 aliphatic heterocycles. The lowest BCUT2D eigenvalue weighted by Crippen LogP contribution is -2.45. The second kappa shape index (κ2) is 6.79. The van der Waals surface area contributed by atoms with Gasteiger partial charge in [0, 0.05) is 12.1 Å². The number of rotatable bonds is 7. The van der Waals surface area contributed by atoms with Crippen LogP contribution < -0.4 is 11.5 Å². The van der Waals surface area contributed by atoms with E-state index in [1.54, 1.807) is 0 Å². The van der Waals surface area contributed by atoms with Crippen molar-refractivity contribution in [2.75, 3.05) is 13.1 Å². The van der Waals surface area contributed by atoms with Gasteiger partial charge >= 0.3 is 0 Å².